The van der Waals surface area contributed by atoms with Gasteiger partial charge in [0, 0.05) is 26.6 Å². The highest BCUT2D eigenvalue weighted by Gasteiger charge is 2.26. The predicted octanol–water partition coefficient (Wildman–Crippen LogP) is 0.773. The van der Waals surface area contributed by atoms with Crippen molar-refractivity contribution in [2.75, 3.05) is 20.1 Å². The monoisotopic (exact) mass is 194 g/mol. The highest BCUT2D eigenvalue weighted by Crippen LogP contribution is 2.21. The van der Waals surface area contributed by atoms with Gasteiger partial charge < -0.3 is 10.2 Å². The molecular weight excluding hydrogens is 176 g/mol. The molecule has 3 heteroatoms. The second-order valence-corrected chi connectivity index (χ2v) is 4.29. The van der Waals surface area contributed by atoms with Crippen molar-refractivity contribution in [3.05, 3.63) is 12.2 Å². The molecule has 2 rings (SSSR count). The maximum atomic E-state index is 11.8. The van der Waals surface area contributed by atoms with E-state index in [4.69, 9.17) is 0 Å². The molecule has 1 fully saturated rings. The Hall–Kier alpha value is -0.830. The van der Waals surface area contributed by atoms with Gasteiger partial charge in [0.05, 0.1) is 6.04 Å². The maximum Gasteiger partial charge on any atom is 0.223 e. The fraction of sp³-hybridized carbons (Fsp3) is 0.727. The van der Waals surface area contributed by atoms with Crippen molar-refractivity contribution < 1.29 is 4.79 Å². The van der Waals surface area contributed by atoms with Gasteiger partial charge in [0.1, 0.15) is 0 Å². The average molecular weight is 194 g/mol. The first-order chi connectivity index (χ1) is 6.77. The molecule has 0 radical (unpaired) electrons. The molecule has 1 amide bonds. The summed E-state index contributed by atoms with van der Waals surface area (Å²) in [5.41, 5.74) is 0. The number of rotatable bonds is 3. The number of hydrogen-bond acceptors (Lipinski definition) is 2. The number of hydrogen-bond donors (Lipinski definition) is 1. The molecule has 0 aromatic heterocycles. The Morgan fingerprint density at radius 3 is 2.86 bits per heavy atom. The van der Waals surface area contributed by atoms with Crippen LogP contribution in [-0.4, -0.2) is 37.0 Å². The zero-order valence-corrected chi connectivity index (χ0v) is 8.70. The zero-order chi connectivity index (χ0) is 9.97. The van der Waals surface area contributed by atoms with E-state index in [9.17, 15) is 4.79 Å². The van der Waals surface area contributed by atoms with Crippen molar-refractivity contribution in [2.45, 2.75) is 25.3 Å². The number of likely N-dealkylation sites (N-methyl/N-ethyl adjacent to an activating group) is 1. The second-order valence-electron chi connectivity index (χ2n) is 4.29. The van der Waals surface area contributed by atoms with Gasteiger partial charge in [-0.05, 0) is 18.8 Å². The van der Waals surface area contributed by atoms with E-state index in [-0.39, 0.29) is 0 Å². The van der Waals surface area contributed by atoms with Crippen molar-refractivity contribution in [1.82, 2.24) is 10.2 Å². The summed E-state index contributed by atoms with van der Waals surface area (Å²) in [6, 6.07) is 0.438. The summed E-state index contributed by atoms with van der Waals surface area (Å²) in [6.45, 7) is 1.92. The third-order valence-corrected chi connectivity index (χ3v) is 3.25. The van der Waals surface area contributed by atoms with Crippen LogP contribution >= 0.6 is 0 Å². The lowest BCUT2D eigenvalue weighted by Gasteiger charge is -2.36. The summed E-state index contributed by atoms with van der Waals surface area (Å²) in [6.07, 6.45) is 7.37. The molecule has 1 aliphatic heterocycles. The van der Waals surface area contributed by atoms with Crippen LogP contribution in [0, 0.1) is 5.92 Å². The van der Waals surface area contributed by atoms with Crippen LogP contribution in [0.3, 0.4) is 0 Å². The molecule has 3 nitrogen and oxygen atoms in total. The number of carbonyl (C=O) groups excluding carboxylic acids is 1. The van der Waals surface area contributed by atoms with E-state index in [1.165, 1.54) is 0 Å². The summed E-state index contributed by atoms with van der Waals surface area (Å²) >= 11 is 0. The summed E-state index contributed by atoms with van der Waals surface area (Å²) in [4.78, 5) is 13.7. The zero-order valence-electron chi connectivity index (χ0n) is 8.70. The summed E-state index contributed by atoms with van der Waals surface area (Å²) in [5.74, 6) is 0.797. The molecule has 0 aromatic rings. The van der Waals surface area contributed by atoms with E-state index in [2.05, 4.69) is 17.5 Å². The number of allylic oxidation sites excluding steroid dienone is 2. The lowest BCUT2D eigenvalue weighted by atomic mass is 10.0. The molecule has 0 spiro atoms. The molecular formula is C11H18N2O. The number of amides is 1. The van der Waals surface area contributed by atoms with Crippen LogP contribution in [0.5, 0.6) is 0 Å². The predicted molar refractivity (Wildman–Crippen MR) is 55.9 cm³/mol. The molecule has 0 saturated carbocycles. The van der Waals surface area contributed by atoms with Gasteiger partial charge in [0.25, 0.3) is 0 Å². The first kappa shape index (κ1) is 9.71. The molecule has 1 atom stereocenters. The molecule has 78 valence electrons. The molecule has 2 aliphatic rings. The van der Waals surface area contributed by atoms with Crippen molar-refractivity contribution in [2.24, 2.45) is 5.92 Å². The smallest absolute Gasteiger partial charge is 0.223 e. The van der Waals surface area contributed by atoms with Crippen LogP contribution in [0.4, 0.5) is 0 Å². The van der Waals surface area contributed by atoms with Crippen molar-refractivity contribution in [3.63, 3.8) is 0 Å². The van der Waals surface area contributed by atoms with Gasteiger partial charge in [0.15, 0.2) is 0 Å². The van der Waals surface area contributed by atoms with Crippen LogP contribution in [0.2, 0.25) is 0 Å². The number of nitrogens with zero attached hydrogens (tertiary/aromatic N) is 1. The number of nitrogens with one attached hydrogen (secondary N) is 1. The first-order valence-electron chi connectivity index (χ1n) is 5.40. The fourth-order valence-corrected chi connectivity index (χ4v) is 1.98. The Kier molecular flexibility index (Phi) is 2.87. The lowest BCUT2D eigenvalue weighted by Crippen LogP contribution is -2.57. The van der Waals surface area contributed by atoms with E-state index < -0.39 is 0 Å². The van der Waals surface area contributed by atoms with Gasteiger partial charge >= 0.3 is 0 Å². The molecule has 1 aliphatic carbocycles. The van der Waals surface area contributed by atoms with Gasteiger partial charge in [-0.3, -0.25) is 4.79 Å². The first-order valence-corrected chi connectivity index (χ1v) is 5.40. The maximum absolute atomic E-state index is 11.8. The molecule has 14 heavy (non-hydrogen) atoms. The van der Waals surface area contributed by atoms with Crippen molar-refractivity contribution in [1.29, 1.82) is 0 Å². The highest BCUT2D eigenvalue weighted by molar-refractivity contribution is 5.77. The van der Waals surface area contributed by atoms with Crippen LogP contribution in [0.1, 0.15) is 19.3 Å². The highest BCUT2D eigenvalue weighted by atomic mass is 16.2. The Balaban J connectivity index is 1.78. The minimum atomic E-state index is 0.299. The van der Waals surface area contributed by atoms with E-state index in [0.29, 0.717) is 24.3 Å². The Morgan fingerprint density at radius 1 is 1.57 bits per heavy atom. The number of carbonyl (C=O) groups is 1. The standard InChI is InChI=1S/C11H18N2O/c1-13(10-7-12-8-10)11(14)6-9-4-2-3-5-9/h2,4,9-10,12H,3,5-8H2,1H3. The largest absolute Gasteiger partial charge is 0.340 e. The molecule has 1 N–H and O–H groups in total. The summed E-state index contributed by atoms with van der Waals surface area (Å²) < 4.78 is 0. The van der Waals surface area contributed by atoms with Gasteiger partial charge in [-0.15, -0.1) is 0 Å². The SMILES string of the molecule is CN(C(=O)CC1C=CCC1)C1CNC1. The lowest BCUT2D eigenvalue weighted by molar-refractivity contribution is -0.133. The molecule has 1 heterocycles. The normalized spacial score (nSPS) is 26.2. The van der Waals surface area contributed by atoms with Crippen LogP contribution in [-0.2, 0) is 4.79 Å². The third kappa shape index (κ3) is 1.98. The molecule has 0 aromatic carbocycles. The minimum absolute atomic E-state index is 0.299. The third-order valence-electron chi connectivity index (χ3n) is 3.25. The Labute approximate surface area is 85.2 Å². The summed E-state index contributed by atoms with van der Waals surface area (Å²) in [5, 5.41) is 3.18. The fourth-order valence-electron chi connectivity index (χ4n) is 1.98. The van der Waals surface area contributed by atoms with Crippen molar-refractivity contribution in [3.8, 4) is 0 Å². The van der Waals surface area contributed by atoms with E-state index in [1.807, 2.05) is 11.9 Å². The van der Waals surface area contributed by atoms with Crippen LogP contribution in [0.25, 0.3) is 0 Å². The van der Waals surface area contributed by atoms with E-state index >= 15 is 0 Å². The van der Waals surface area contributed by atoms with Crippen molar-refractivity contribution >= 4 is 5.91 Å². The van der Waals surface area contributed by atoms with E-state index in [1.54, 1.807) is 0 Å². The van der Waals surface area contributed by atoms with Crippen LogP contribution < -0.4 is 5.32 Å². The summed E-state index contributed by atoms with van der Waals surface area (Å²) in [7, 11) is 1.92. The van der Waals surface area contributed by atoms with Gasteiger partial charge in [0.2, 0.25) is 5.91 Å². The topological polar surface area (TPSA) is 32.3 Å². The van der Waals surface area contributed by atoms with Gasteiger partial charge in [-0.25, -0.2) is 0 Å². The average Bonchev–Trinajstić information content (AvgIpc) is 2.53. The molecule has 1 saturated heterocycles. The molecule has 1 unspecified atom stereocenters. The minimum Gasteiger partial charge on any atom is -0.340 e. The Morgan fingerprint density at radius 2 is 2.36 bits per heavy atom. The second kappa shape index (κ2) is 4.13. The van der Waals surface area contributed by atoms with E-state index in [0.717, 1.165) is 25.9 Å². The quantitative estimate of drug-likeness (QED) is 0.673. The van der Waals surface area contributed by atoms with Crippen LogP contribution in [0.15, 0.2) is 12.2 Å². The van der Waals surface area contributed by atoms with Gasteiger partial charge in [-0.2, -0.15) is 0 Å². The van der Waals surface area contributed by atoms with Gasteiger partial charge in [-0.1, -0.05) is 12.2 Å². The Bertz CT molecular complexity index is 246. The molecule has 0 bridgehead atoms.